The van der Waals surface area contributed by atoms with E-state index in [0.717, 1.165) is 19.3 Å². The molecule has 3 N–H and O–H groups in total. The van der Waals surface area contributed by atoms with Crippen LogP contribution in [0.1, 0.15) is 169 Å². The molecule has 0 radical (unpaired) electrons. The maximum absolute atomic E-state index is 14.0. The summed E-state index contributed by atoms with van der Waals surface area (Å²) in [6.45, 7) is 33.7. The van der Waals surface area contributed by atoms with Crippen molar-refractivity contribution < 1.29 is 43.4 Å². The summed E-state index contributed by atoms with van der Waals surface area (Å²) in [7, 11) is 1.38. The Labute approximate surface area is 385 Å². The number of ketones is 3. The highest BCUT2D eigenvalue weighted by Gasteiger charge is 2.71. The monoisotopic (exact) mass is 898 g/mol. The number of carbonyl (C=O) groups is 7. The van der Waals surface area contributed by atoms with E-state index in [4.69, 9.17) is 10.5 Å². The SMILES string of the molecule is CC(C)(C)CC(=O)C[C@H](C(=O)N1C[C@H]2[C@@H]([C@H]1C(=O)CC(CC1CCC1)C(O)C(N)=O)C2(C)C)C(C)(C)C.COC(=O)[C@@H]1[C@@H]2[C@H](CN1C(=O)[C@@H](CC(=O)CC(C)(C)C)C(C)(C)C)C2(C)C. The Morgan fingerprint density at radius 3 is 1.38 bits per heavy atom. The van der Waals surface area contributed by atoms with Crippen LogP contribution < -0.4 is 5.73 Å². The van der Waals surface area contributed by atoms with Crippen LogP contribution in [0, 0.1) is 79.8 Å². The molecule has 5 fully saturated rings. The molecule has 5 rings (SSSR count). The van der Waals surface area contributed by atoms with Crippen LogP contribution >= 0.6 is 0 Å². The number of carbonyl (C=O) groups excluding carboxylic acids is 7. The molecule has 64 heavy (non-hydrogen) atoms. The van der Waals surface area contributed by atoms with Gasteiger partial charge in [0.2, 0.25) is 17.7 Å². The van der Waals surface area contributed by atoms with Gasteiger partial charge in [0.1, 0.15) is 23.7 Å². The van der Waals surface area contributed by atoms with Crippen molar-refractivity contribution in [2.75, 3.05) is 20.2 Å². The van der Waals surface area contributed by atoms with E-state index in [0.29, 0.717) is 44.2 Å². The predicted molar refractivity (Wildman–Crippen MR) is 248 cm³/mol. The van der Waals surface area contributed by atoms with Gasteiger partial charge in [-0.2, -0.15) is 0 Å². The minimum Gasteiger partial charge on any atom is -0.467 e. The number of methoxy groups -OCH3 is 1. The number of aliphatic hydroxyl groups excluding tert-OH is 1. The van der Waals surface area contributed by atoms with Crippen LogP contribution in [-0.2, 0) is 38.3 Å². The number of piperidine rings is 2. The number of hydrogen-bond acceptors (Lipinski definition) is 9. The number of likely N-dealkylation sites (tertiary alicyclic amines) is 2. The second-order valence-corrected chi connectivity index (χ2v) is 26.4. The number of aliphatic hydroxyl groups is 1. The summed E-state index contributed by atoms with van der Waals surface area (Å²) in [5.41, 5.74) is 4.42. The maximum Gasteiger partial charge on any atom is 0.328 e. The number of rotatable bonds is 16. The number of hydrogen-bond donors (Lipinski definition) is 2. The molecule has 3 aliphatic carbocycles. The molecule has 12 nitrogen and oxygen atoms in total. The van der Waals surface area contributed by atoms with Crippen LogP contribution in [0.4, 0.5) is 0 Å². The average molecular weight is 898 g/mol. The van der Waals surface area contributed by atoms with E-state index < -0.39 is 47.3 Å². The Morgan fingerprint density at radius 1 is 0.656 bits per heavy atom. The summed E-state index contributed by atoms with van der Waals surface area (Å²) in [5.74, 6) is -1.55. The van der Waals surface area contributed by atoms with Crippen LogP contribution in [0.15, 0.2) is 0 Å². The molecule has 2 aliphatic heterocycles. The zero-order valence-electron chi connectivity index (χ0n) is 42.8. The minimum atomic E-state index is -1.37. The fourth-order valence-corrected chi connectivity index (χ4v) is 11.6. The number of nitrogens with two attached hydrogens (primary N) is 1. The predicted octanol–water partition coefficient (Wildman–Crippen LogP) is 7.84. The van der Waals surface area contributed by atoms with Crippen LogP contribution in [0.3, 0.4) is 0 Å². The molecule has 0 spiro atoms. The summed E-state index contributed by atoms with van der Waals surface area (Å²) < 4.78 is 5.02. The van der Waals surface area contributed by atoms with Crippen molar-refractivity contribution in [2.24, 2.45) is 85.6 Å². The van der Waals surface area contributed by atoms with E-state index >= 15 is 0 Å². The number of ether oxygens (including phenoxy) is 1. The van der Waals surface area contributed by atoms with Crippen LogP contribution in [0.25, 0.3) is 0 Å². The van der Waals surface area contributed by atoms with Gasteiger partial charge in [-0.25, -0.2) is 4.79 Å². The summed E-state index contributed by atoms with van der Waals surface area (Å²) in [6.07, 6.45) is 3.72. The quantitative estimate of drug-likeness (QED) is 0.146. The molecular weight excluding hydrogens is 811 g/mol. The Kier molecular flexibility index (Phi) is 15.8. The van der Waals surface area contributed by atoms with E-state index in [2.05, 4.69) is 27.7 Å². The molecule has 2 unspecified atom stereocenters. The lowest BCUT2D eigenvalue weighted by molar-refractivity contribution is -0.156. The van der Waals surface area contributed by atoms with Crippen LogP contribution in [-0.4, -0.2) is 94.3 Å². The van der Waals surface area contributed by atoms with Gasteiger partial charge in [0.15, 0.2) is 5.78 Å². The van der Waals surface area contributed by atoms with Crippen molar-refractivity contribution in [2.45, 2.75) is 187 Å². The molecule has 3 amide bonds. The molecule has 5 aliphatic rings. The average Bonchev–Trinajstić information content (AvgIpc) is 3.58. The van der Waals surface area contributed by atoms with Gasteiger partial charge in [-0.1, -0.05) is 130 Å². The largest absolute Gasteiger partial charge is 0.467 e. The first kappa shape index (κ1) is 53.5. The smallest absolute Gasteiger partial charge is 0.328 e. The zero-order valence-corrected chi connectivity index (χ0v) is 42.8. The molecule has 10 atom stereocenters. The van der Waals surface area contributed by atoms with Gasteiger partial charge in [0.25, 0.3) is 0 Å². The normalized spacial score (nSPS) is 27.7. The highest BCUT2D eigenvalue weighted by Crippen LogP contribution is 2.66. The fraction of sp³-hybridized carbons (Fsp3) is 0.865. The number of esters is 1. The lowest BCUT2D eigenvalue weighted by Gasteiger charge is -2.38. The maximum atomic E-state index is 14.0. The van der Waals surface area contributed by atoms with Crippen LogP contribution in [0.5, 0.6) is 0 Å². The summed E-state index contributed by atoms with van der Waals surface area (Å²) in [6, 6.07) is -1.11. The standard InChI is InChI=1S/C30H50N2O5.C22H37NO4/c1-28(2,3)15-19(33)14-20(29(4,5)6)27(37)32-16-21-23(30(21,7)8)24(32)22(34)13-18(25(35)26(31)36)12-17-10-9-11-17;1-20(2,3)11-13(24)10-14(21(4,5)6)18(25)23-12-15-16(22(15,7)8)17(23)19(26)27-9/h17-18,20-21,23-25,35H,9-16H2,1-8H3,(H2,31,36);14-17H,10-12H2,1-9H3/t18?,20-,21+,23+,24-,25?;14-,15+,16+,17+/m11/s1. The van der Waals surface area contributed by atoms with Gasteiger partial charge >= 0.3 is 5.97 Å². The molecule has 0 bridgehead atoms. The van der Waals surface area contributed by atoms with Crippen molar-refractivity contribution in [3.63, 3.8) is 0 Å². The second kappa shape index (κ2) is 18.9. The third-order valence-corrected chi connectivity index (χ3v) is 15.8. The number of fused-ring (bicyclic) bond motifs is 2. The van der Waals surface area contributed by atoms with Gasteiger partial charge in [0.05, 0.1) is 13.2 Å². The Hall–Kier alpha value is -3.15. The molecule has 3 saturated carbocycles. The summed E-state index contributed by atoms with van der Waals surface area (Å²) in [4.78, 5) is 94.7. The van der Waals surface area contributed by atoms with E-state index in [1.54, 1.807) is 9.80 Å². The lowest BCUT2D eigenvalue weighted by Crippen LogP contribution is -2.51. The second-order valence-electron chi connectivity index (χ2n) is 26.4. The molecule has 2 heterocycles. The van der Waals surface area contributed by atoms with Crippen molar-refractivity contribution in [1.82, 2.24) is 9.80 Å². The highest BCUT2D eigenvalue weighted by atomic mass is 16.5. The number of amides is 3. The summed E-state index contributed by atoms with van der Waals surface area (Å²) in [5, 5.41) is 10.5. The van der Waals surface area contributed by atoms with Gasteiger partial charge in [0, 0.05) is 68.9 Å². The Morgan fingerprint density at radius 2 is 1.05 bits per heavy atom. The molecule has 0 aromatic rings. The third-order valence-electron chi connectivity index (χ3n) is 15.8. The Balaban J connectivity index is 0.000000295. The summed E-state index contributed by atoms with van der Waals surface area (Å²) >= 11 is 0. The number of primary amides is 1. The third kappa shape index (κ3) is 12.2. The number of nitrogens with zero attached hydrogens (tertiary/aromatic N) is 2. The van der Waals surface area contributed by atoms with Gasteiger partial charge in [-0.05, 0) is 62.6 Å². The molecule has 0 aromatic carbocycles. The van der Waals surface area contributed by atoms with Gasteiger partial charge in [-0.15, -0.1) is 0 Å². The van der Waals surface area contributed by atoms with Crippen LogP contribution in [0.2, 0.25) is 0 Å². The molecule has 0 aromatic heterocycles. The fourth-order valence-electron chi connectivity index (χ4n) is 11.6. The van der Waals surface area contributed by atoms with E-state index in [-0.39, 0.29) is 99.2 Å². The number of Topliss-reactive ketones (excluding diaryl/α,β-unsaturated/α-hetero) is 3. The first-order chi connectivity index (χ1) is 28.9. The first-order valence-electron chi connectivity index (χ1n) is 24.2. The Bertz CT molecular complexity index is 1790. The zero-order chi connectivity index (χ0) is 49.0. The molecule has 2 saturated heterocycles. The van der Waals surface area contributed by atoms with Crippen molar-refractivity contribution in [3.05, 3.63) is 0 Å². The molecule has 12 heteroatoms. The van der Waals surface area contributed by atoms with Crippen molar-refractivity contribution in [3.8, 4) is 0 Å². The lowest BCUT2D eigenvalue weighted by atomic mass is 9.74. The first-order valence-corrected chi connectivity index (χ1v) is 24.2. The topological polar surface area (TPSA) is 181 Å². The highest BCUT2D eigenvalue weighted by molar-refractivity contribution is 5.94. The van der Waals surface area contributed by atoms with Gasteiger partial charge in [-0.3, -0.25) is 28.8 Å². The van der Waals surface area contributed by atoms with E-state index in [1.807, 2.05) is 83.1 Å². The van der Waals surface area contributed by atoms with E-state index in [9.17, 15) is 38.7 Å². The minimum absolute atomic E-state index is 0.0392. The molecule has 364 valence electrons. The van der Waals surface area contributed by atoms with Gasteiger partial charge < -0.3 is 25.4 Å². The van der Waals surface area contributed by atoms with Crippen molar-refractivity contribution >= 4 is 41.0 Å². The van der Waals surface area contributed by atoms with Crippen molar-refractivity contribution in [1.29, 1.82) is 0 Å². The van der Waals surface area contributed by atoms with E-state index in [1.165, 1.54) is 7.11 Å². The molecular formula is C52H87N3O9.